The molecule has 1 aromatic carbocycles. The van der Waals surface area contributed by atoms with Gasteiger partial charge in [0.15, 0.2) is 5.13 Å². The van der Waals surface area contributed by atoms with Crippen LogP contribution in [-0.4, -0.2) is 48.2 Å². The maximum absolute atomic E-state index is 4.76. The molecule has 0 amide bonds. The number of anilines is 3. The first kappa shape index (κ1) is 15.1. The summed E-state index contributed by atoms with van der Waals surface area (Å²) in [6.07, 6.45) is 2.88. The first-order valence-electron chi connectivity index (χ1n) is 8.06. The lowest BCUT2D eigenvalue weighted by Gasteiger charge is -2.17. The normalized spacial score (nSPS) is 17.4. The average molecular weight is 340 g/mol. The molecule has 1 aliphatic rings. The zero-order valence-corrected chi connectivity index (χ0v) is 14.6. The number of hydrogen-bond acceptors (Lipinski definition) is 7. The standard InChI is InChI=1S/C17H20N6S/c1-22(2)16-18-9-7-15(21-16)19-12-8-10-23(11-12)17-20-13-5-3-4-6-14(13)24-17/h3-7,9,12H,8,10-11H2,1-2H3,(H,18,19,21). The second-order valence-corrected chi connectivity index (χ2v) is 7.19. The molecule has 0 bridgehead atoms. The first-order valence-corrected chi connectivity index (χ1v) is 8.88. The second-order valence-electron chi connectivity index (χ2n) is 6.18. The molecule has 0 saturated carbocycles. The minimum absolute atomic E-state index is 0.377. The Morgan fingerprint density at radius 2 is 2.08 bits per heavy atom. The van der Waals surface area contributed by atoms with Gasteiger partial charge >= 0.3 is 0 Å². The van der Waals surface area contributed by atoms with Crippen molar-refractivity contribution in [3.63, 3.8) is 0 Å². The molecule has 3 heterocycles. The van der Waals surface area contributed by atoms with Gasteiger partial charge in [0.2, 0.25) is 5.95 Å². The lowest BCUT2D eigenvalue weighted by molar-refractivity contribution is 0.798. The molecule has 7 heteroatoms. The molecule has 1 unspecified atom stereocenters. The van der Waals surface area contributed by atoms with Crippen molar-refractivity contribution in [3.8, 4) is 0 Å². The third kappa shape index (κ3) is 2.99. The van der Waals surface area contributed by atoms with Gasteiger partial charge < -0.3 is 15.1 Å². The van der Waals surface area contributed by atoms with Gasteiger partial charge in [-0.1, -0.05) is 23.5 Å². The summed E-state index contributed by atoms with van der Waals surface area (Å²) in [6.45, 7) is 1.96. The van der Waals surface area contributed by atoms with Gasteiger partial charge in [0.05, 0.1) is 10.2 Å². The Morgan fingerprint density at radius 1 is 1.21 bits per heavy atom. The van der Waals surface area contributed by atoms with Crippen LogP contribution in [0.3, 0.4) is 0 Å². The summed E-state index contributed by atoms with van der Waals surface area (Å²) in [7, 11) is 3.90. The maximum atomic E-state index is 4.76. The SMILES string of the molecule is CN(C)c1nccc(NC2CCN(c3nc4ccccc4s3)C2)n1. The molecule has 1 aliphatic heterocycles. The van der Waals surface area contributed by atoms with E-state index in [1.807, 2.05) is 31.1 Å². The van der Waals surface area contributed by atoms with Crippen LogP contribution < -0.4 is 15.1 Å². The van der Waals surface area contributed by atoms with Crippen molar-refractivity contribution in [2.45, 2.75) is 12.5 Å². The molecule has 1 atom stereocenters. The molecular formula is C17H20N6S. The van der Waals surface area contributed by atoms with Crippen LogP contribution in [0.1, 0.15) is 6.42 Å². The van der Waals surface area contributed by atoms with Crippen LogP contribution in [-0.2, 0) is 0 Å². The van der Waals surface area contributed by atoms with Crippen molar-refractivity contribution in [3.05, 3.63) is 36.5 Å². The number of thiazole rings is 1. The van der Waals surface area contributed by atoms with Crippen LogP contribution in [0.2, 0.25) is 0 Å². The topological polar surface area (TPSA) is 57.2 Å². The number of hydrogen-bond donors (Lipinski definition) is 1. The first-order chi connectivity index (χ1) is 11.7. The van der Waals surface area contributed by atoms with Crippen molar-refractivity contribution in [2.75, 3.05) is 42.3 Å². The molecule has 24 heavy (non-hydrogen) atoms. The molecule has 4 rings (SSSR count). The highest BCUT2D eigenvalue weighted by atomic mass is 32.1. The molecule has 0 radical (unpaired) electrons. The van der Waals surface area contributed by atoms with Crippen LogP contribution in [0.15, 0.2) is 36.5 Å². The minimum atomic E-state index is 0.377. The van der Waals surface area contributed by atoms with E-state index < -0.39 is 0 Å². The summed E-state index contributed by atoms with van der Waals surface area (Å²) < 4.78 is 1.25. The van der Waals surface area contributed by atoms with Gasteiger partial charge in [0.25, 0.3) is 0 Å². The molecule has 3 aromatic rings. The predicted octanol–water partition coefficient (Wildman–Crippen LogP) is 2.84. The van der Waals surface area contributed by atoms with E-state index in [0.717, 1.165) is 41.9 Å². The molecule has 1 N–H and O–H groups in total. The van der Waals surface area contributed by atoms with Gasteiger partial charge in [-0.05, 0) is 24.6 Å². The highest BCUT2D eigenvalue weighted by Gasteiger charge is 2.25. The Balaban J connectivity index is 1.45. The van der Waals surface area contributed by atoms with E-state index in [2.05, 4.69) is 38.4 Å². The molecule has 0 aliphatic carbocycles. The monoisotopic (exact) mass is 340 g/mol. The zero-order valence-electron chi connectivity index (χ0n) is 13.8. The number of benzene rings is 1. The lowest BCUT2D eigenvalue weighted by Crippen LogP contribution is -2.26. The third-order valence-electron chi connectivity index (χ3n) is 4.14. The van der Waals surface area contributed by atoms with Crippen molar-refractivity contribution in [1.82, 2.24) is 15.0 Å². The Labute approximate surface area is 145 Å². The molecule has 2 aromatic heterocycles. The molecule has 1 saturated heterocycles. The number of nitrogens with one attached hydrogen (secondary N) is 1. The maximum Gasteiger partial charge on any atom is 0.226 e. The quantitative estimate of drug-likeness (QED) is 0.788. The Bertz CT molecular complexity index is 813. The number of para-hydroxylation sites is 1. The minimum Gasteiger partial charge on any atom is -0.365 e. The summed E-state index contributed by atoms with van der Waals surface area (Å²) in [5, 5.41) is 4.64. The van der Waals surface area contributed by atoms with E-state index in [1.54, 1.807) is 17.5 Å². The molecule has 0 spiro atoms. The highest BCUT2D eigenvalue weighted by Crippen LogP contribution is 2.31. The van der Waals surface area contributed by atoms with E-state index in [1.165, 1.54) is 4.70 Å². The Hall–Kier alpha value is -2.41. The van der Waals surface area contributed by atoms with Crippen LogP contribution in [0.5, 0.6) is 0 Å². The molecule has 6 nitrogen and oxygen atoms in total. The van der Waals surface area contributed by atoms with Crippen molar-refractivity contribution < 1.29 is 0 Å². The predicted molar refractivity (Wildman–Crippen MR) is 100 cm³/mol. The fourth-order valence-corrected chi connectivity index (χ4v) is 3.90. The number of rotatable bonds is 4. The highest BCUT2D eigenvalue weighted by molar-refractivity contribution is 7.22. The number of fused-ring (bicyclic) bond motifs is 1. The number of nitrogens with zero attached hydrogens (tertiary/aromatic N) is 5. The molecule has 1 fully saturated rings. The van der Waals surface area contributed by atoms with Gasteiger partial charge in [-0.25, -0.2) is 9.97 Å². The second kappa shape index (κ2) is 6.24. The summed E-state index contributed by atoms with van der Waals surface area (Å²) in [5.41, 5.74) is 1.08. The van der Waals surface area contributed by atoms with Crippen molar-refractivity contribution in [2.24, 2.45) is 0 Å². The fourth-order valence-electron chi connectivity index (χ4n) is 2.90. The van der Waals surface area contributed by atoms with Gasteiger partial charge in [-0.2, -0.15) is 4.98 Å². The van der Waals surface area contributed by atoms with Crippen LogP contribution in [0.4, 0.5) is 16.9 Å². The van der Waals surface area contributed by atoms with E-state index in [9.17, 15) is 0 Å². The van der Waals surface area contributed by atoms with E-state index in [4.69, 9.17) is 4.98 Å². The van der Waals surface area contributed by atoms with Gasteiger partial charge in [-0.15, -0.1) is 0 Å². The largest absolute Gasteiger partial charge is 0.365 e. The fraction of sp³-hybridized carbons (Fsp3) is 0.353. The third-order valence-corrected chi connectivity index (χ3v) is 5.23. The molecule has 124 valence electrons. The summed E-state index contributed by atoms with van der Waals surface area (Å²) in [5.74, 6) is 1.60. The smallest absolute Gasteiger partial charge is 0.226 e. The zero-order chi connectivity index (χ0) is 16.5. The summed E-state index contributed by atoms with van der Waals surface area (Å²) in [6, 6.07) is 10.6. The van der Waals surface area contributed by atoms with Crippen LogP contribution in [0.25, 0.3) is 10.2 Å². The Kier molecular flexibility index (Phi) is 3.93. The number of aromatic nitrogens is 3. The van der Waals surface area contributed by atoms with Crippen molar-refractivity contribution in [1.29, 1.82) is 0 Å². The summed E-state index contributed by atoms with van der Waals surface area (Å²) >= 11 is 1.76. The van der Waals surface area contributed by atoms with Crippen molar-refractivity contribution >= 4 is 38.5 Å². The van der Waals surface area contributed by atoms with Gasteiger partial charge in [0, 0.05) is 39.4 Å². The lowest BCUT2D eigenvalue weighted by atomic mass is 10.2. The van der Waals surface area contributed by atoms with E-state index >= 15 is 0 Å². The Morgan fingerprint density at radius 3 is 2.92 bits per heavy atom. The summed E-state index contributed by atoms with van der Waals surface area (Å²) in [4.78, 5) is 17.8. The van der Waals surface area contributed by atoms with E-state index in [-0.39, 0.29) is 0 Å². The van der Waals surface area contributed by atoms with Gasteiger partial charge in [0.1, 0.15) is 5.82 Å². The van der Waals surface area contributed by atoms with E-state index in [0.29, 0.717) is 6.04 Å². The van der Waals surface area contributed by atoms with Gasteiger partial charge in [-0.3, -0.25) is 0 Å². The molecular weight excluding hydrogens is 320 g/mol. The average Bonchev–Trinajstić information content (AvgIpc) is 3.21. The van der Waals surface area contributed by atoms with Crippen LogP contribution >= 0.6 is 11.3 Å². The van der Waals surface area contributed by atoms with Crippen LogP contribution in [0, 0.1) is 0 Å².